The molecule has 1 heterocycles. The van der Waals surface area contributed by atoms with Crippen LogP contribution in [-0.2, 0) is 7.05 Å². The number of rotatable bonds is 2. The summed E-state index contributed by atoms with van der Waals surface area (Å²) in [5, 5.41) is 3.75. The van der Waals surface area contributed by atoms with Crippen LogP contribution in [0, 0.1) is 0 Å². The summed E-state index contributed by atoms with van der Waals surface area (Å²) in [6.45, 7) is 1.89. The molecule has 1 atom stereocenters. The lowest BCUT2D eigenvalue weighted by atomic mass is 10.0. The fourth-order valence-electron chi connectivity index (χ4n) is 1.62. The van der Waals surface area contributed by atoms with Crippen LogP contribution < -0.4 is 11.5 Å². The molecule has 5 nitrogen and oxygen atoms in total. The molecule has 0 saturated heterocycles. The molecule has 0 aliphatic carbocycles. The minimum atomic E-state index is -0.477. The zero-order chi connectivity index (χ0) is 11.7. The van der Waals surface area contributed by atoms with E-state index >= 15 is 0 Å². The fourth-order valence-corrected chi connectivity index (χ4v) is 1.62. The SMILES string of the molecule is CC(N)c1ccccc1-c1noc(=O)n1C. The summed E-state index contributed by atoms with van der Waals surface area (Å²) >= 11 is 0. The Labute approximate surface area is 92.5 Å². The first-order valence-corrected chi connectivity index (χ1v) is 4.99. The van der Waals surface area contributed by atoms with Gasteiger partial charge in [-0.25, -0.2) is 4.79 Å². The van der Waals surface area contributed by atoms with Crippen molar-refractivity contribution in [1.29, 1.82) is 0 Å². The van der Waals surface area contributed by atoms with Crippen molar-refractivity contribution >= 4 is 0 Å². The third kappa shape index (κ3) is 1.65. The predicted octanol–water partition coefficient (Wildman–Crippen LogP) is 1.06. The van der Waals surface area contributed by atoms with Gasteiger partial charge in [0.1, 0.15) is 0 Å². The van der Waals surface area contributed by atoms with E-state index in [1.165, 1.54) is 4.57 Å². The van der Waals surface area contributed by atoms with Crippen molar-refractivity contribution in [2.75, 3.05) is 0 Å². The van der Waals surface area contributed by atoms with Crippen molar-refractivity contribution < 1.29 is 4.52 Å². The highest BCUT2D eigenvalue weighted by Crippen LogP contribution is 2.24. The van der Waals surface area contributed by atoms with Gasteiger partial charge in [0.25, 0.3) is 0 Å². The van der Waals surface area contributed by atoms with Gasteiger partial charge in [-0.3, -0.25) is 9.09 Å². The summed E-state index contributed by atoms with van der Waals surface area (Å²) < 4.78 is 5.96. The number of hydrogen-bond donors (Lipinski definition) is 1. The first kappa shape index (κ1) is 10.6. The van der Waals surface area contributed by atoms with Gasteiger partial charge < -0.3 is 5.73 Å². The molecule has 16 heavy (non-hydrogen) atoms. The Morgan fingerprint density at radius 3 is 2.69 bits per heavy atom. The fraction of sp³-hybridized carbons (Fsp3) is 0.273. The van der Waals surface area contributed by atoms with E-state index in [1.54, 1.807) is 7.05 Å². The Morgan fingerprint density at radius 1 is 1.44 bits per heavy atom. The summed E-state index contributed by atoms with van der Waals surface area (Å²) in [6, 6.07) is 7.44. The lowest BCUT2D eigenvalue weighted by molar-refractivity contribution is 0.380. The van der Waals surface area contributed by atoms with Crippen LogP contribution in [0.2, 0.25) is 0 Å². The maximum absolute atomic E-state index is 11.2. The van der Waals surface area contributed by atoms with E-state index in [9.17, 15) is 4.79 Å². The van der Waals surface area contributed by atoms with Gasteiger partial charge >= 0.3 is 5.76 Å². The van der Waals surface area contributed by atoms with E-state index in [0.717, 1.165) is 11.1 Å². The second kappa shape index (κ2) is 3.94. The first-order chi connectivity index (χ1) is 7.61. The van der Waals surface area contributed by atoms with Gasteiger partial charge in [-0.15, -0.1) is 0 Å². The number of hydrogen-bond acceptors (Lipinski definition) is 4. The molecule has 0 aliphatic heterocycles. The van der Waals surface area contributed by atoms with Gasteiger partial charge in [0.05, 0.1) is 0 Å². The average molecular weight is 219 g/mol. The van der Waals surface area contributed by atoms with Crippen molar-refractivity contribution in [1.82, 2.24) is 9.72 Å². The second-order valence-electron chi connectivity index (χ2n) is 3.71. The van der Waals surface area contributed by atoms with Crippen molar-refractivity contribution in [3.63, 3.8) is 0 Å². The number of benzene rings is 1. The molecule has 0 radical (unpaired) electrons. The molecule has 2 N–H and O–H groups in total. The van der Waals surface area contributed by atoms with Crippen molar-refractivity contribution in [3.8, 4) is 11.4 Å². The second-order valence-corrected chi connectivity index (χ2v) is 3.71. The van der Waals surface area contributed by atoms with E-state index in [2.05, 4.69) is 9.68 Å². The zero-order valence-corrected chi connectivity index (χ0v) is 9.18. The lowest BCUT2D eigenvalue weighted by Gasteiger charge is -2.10. The Bertz CT molecular complexity index is 554. The highest BCUT2D eigenvalue weighted by atomic mass is 16.5. The molecule has 84 valence electrons. The van der Waals surface area contributed by atoms with E-state index < -0.39 is 5.76 Å². The maximum Gasteiger partial charge on any atom is 0.441 e. The minimum Gasteiger partial charge on any atom is -0.324 e. The largest absolute Gasteiger partial charge is 0.441 e. The highest BCUT2D eigenvalue weighted by molar-refractivity contribution is 5.60. The summed E-state index contributed by atoms with van der Waals surface area (Å²) in [5.74, 6) is 0.0207. The Hall–Kier alpha value is -1.88. The van der Waals surface area contributed by atoms with Crippen LogP contribution in [0.3, 0.4) is 0 Å². The van der Waals surface area contributed by atoms with E-state index in [4.69, 9.17) is 5.73 Å². The summed E-state index contributed by atoms with van der Waals surface area (Å²) in [7, 11) is 1.62. The molecule has 0 saturated carbocycles. The van der Waals surface area contributed by atoms with Crippen molar-refractivity contribution in [2.45, 2.75) is 13.0 Å². The standard InChI is InChI=1S/C11H13N3O2/c1-7(12)8-5-3-4-6-9(8)10-13-16-11(15)14(10)2/h3-7H,12H2,1-2H3. The van der Waals surface area contributed by atoms with Crippen LogP contribution in [0.15, 0.2) is 33.6 Å². The van der Waals surface area contributed by atoms with Crippen molar-refractivity contribution in [3.05, 3.63) is 40.4 Å². The normalized spacial score (nSPS) is 12.7. The van der Waals surface area contributed by atoms with Crippen molar-refractivity contribution in [2.24, 2.45) is 12.8 Å². The molecule has 2 aromatic rings. The quantitative estimate of drug-likeness (QED) is 0.819. The highest BCUT2D eigenvalue weighted by Gasteiger charge is 2.14. The zero-order valence-electron chi connectivity index (χ0n) is 9.18. The van der Waals surface area contributed by atoms with E-state index in [0.29, 0.717) is 5.82 Å². The maximum atomic E-state index is 11.2. The van der Waals surface area contributed by atoms with E-state index in [-0.39, 0.29) is 6.04 Å². The molecule has 0 spiro atoms. The van der Waals surface area contributed by atoms with Gasteiger partial charge in [0.2, 0.25) is 0 Å². The molecule has 5 heteroatoms. The predicted molar refractivity (Wildman–Crippen MR) is 59.8 cm³/mol. The Balaban J connectivity index is 2.64. The van der Waals surface area contributed by atoms with Gasteiger partial charge in [-0.2, -0.15) is 0 Å². The molecule has 2 rings (SSSR count). The molecule has 1 aromatic carbocycles. The first-order valence-electron chi connectivity index (χ1n) is 4.99. The topological polar surface area (TPSA) is 74.1 Å². The minimum absolute atomic E-state index is 0.122. The average Bonchev–Trinajstić information content (AvgIpc) is 2.60. The monoisotopic (exact) mass is 219 g/mol. The van der Waals surface area contributed by atoms with Crippen LogP contribution in [0.4, 0.5) is 0 Å². The summed E-state index contributed by atoms with van der Waals surface area (Å²) in [4.78, 5) is 11.2. The van der Waals surface area contributed by atoms with Crippen LogP contribution in [0.5, 0.6) is 0 Å². The molecule has 1 unspecified atom stereocenters. The Morgan fingerprint density at radius 2 is 2.12 bits per heavy atom. The Kier molecular flexibility index (Phi) is 2.62. The molecule has 1 aromatic heterocycles. The molecule has 0 bridgehead atoms. The number of nitrogens with zero attached hydrogens (tertiary/aromatic N) is 2. The van der Waals surface area contributed by atoms with Gasteiger partial charge in [-0.1, -0.05) is 29.4 Å². The van der Waals surface area contributed by atoms with E-state index in [1.807, 2.05) is 31.2 Å². The lowest BCUT2D eigenvalue weighted by Crippen LogP contribution is -2.12. The van der Waals surface area contributed by atoms with Gasteiger partial charge in [-0.05, 0) is 12.5 Å². The summed E-state index contributed by atoms with van der Waals surface area (Å²) in [6.07, 6.45) is 0. The molecular weight excluding hydrogens is 206 g/mol. The third-order valence-electron chi connectivity index (χ3n) is 2.49. The number of aromatic nitrogens is 2. The number of nitrogens with two attached hydrogens (primary N) is 1. The third-order valence-corrected chi connectivity index (χ3v) is 2.49. The molecule has 0 fully saturated rings. The molecular formula is C11H13N3O2. The van der Waals surface area contributed by atoms with Gasteiger partial charge in [0, 0.05) is 18.7 Å². The summed E-state index contributed by atoms with van der Waals surface area (Å²) in [5.41, 5.74) is 7.62. The van der Waals surface area contributed by atoms with Gasteiger partial charge in [0.15, 0.2) is 5.82 Å². The van der Waals surface area contributed by atoms with Crippen LogP contribution in [-0.4, -0.2) is 9.72 Å². The van der Waals surface area contributed by atoms with Crippen LogP contribution >= 0.6 is 0 Å². The molecule has 0 amide bonds. The molecule has 0 aliphatic rings. The van der Waals surface area contributed by atoms with Crippen LogP contribution in [0.1, 0.15) is 18.5 Å². The van der Waals surface area contributed by atoms with Crippen LogP contribution in [0.25, 0.3) is 11.4 Å². The smallest absolute Gasteiger partial charge is 0.324 e.